The van der Waals surface area contributed by atoms with Crippen LogP contribution in [0.2, 0.25) is 0 Å². The van der Waals surface area contributed by atoms with E-state index in [4.69, 9.17) is 0 Å². The summed E-state index contributed by atoms with van der Waals surface area (Å²) >= 11 is 0. The van der Waals surface area contributed by atoms with E-state index >= 15 is 0 Å². The van der Waals surface area contributed by atoms with Gasteiger partial charge in [0.15, 0.2) is 0 Å². The van der Waals surface area contributed by atoms with E-state index in [9.17, 15) is 5.11 Å². The van der Waals surface area contributed by atoms with Gasteiger partial charge in [0, 0.05) is 11.6 Å². The van der Waals surface area contributed by atoms with Gasteiger partial charge in [-0.25, -0.2) is 0 Å². The van der Waals surface area contributed by atoms with Gasteiger partial charge in [-0.2, -0.15) is 0 Å². The predicted octanol–water partition coefficient (Wildman–Crippen LogP) is 2.46. The number of nitrogens with one attached hydrogen (secondary N) is 1. The van der Waals surface area contributed by atoms with Crippen LogP contribution in [0.1, 0.15) is 57.8 Å². The van der Waals surface area contributed by atoms with Crippen molar-refractivity contribution < 1.29 is 5.11 Å². The Bertz CT molecular complexity index is 279. The van der Waals surface area contributed by atoms with Crippen LogP contribution in [-0.2, 0) is 0 Å². The number of aliphatic hydroxyl groups is 1. The fourth-order valence-electron chi connectivity index (χ4n) is 5.79. The highest BCUT2D eigenvalue weighted by molar-refractivity contribution is 5.08. The van der Waals surface area contributed by atoms with Gasteiger partial charge in [-0.3, -0.25) is 0 Å². The van der Waals surface area contributed by atoms with Gasteiger partial charge in [0.25, 0.3) is 0 Å². The van der Waals surface area contributed by atoms with Gasteiger partial charge in [0.2, 0.25) is 0 Å². The van der Waals surface area contributed by atoms with Gasteiger partial charge in [0.05, 0.1) is 6.10 Å². The molecule has 0 heterocycles. The topological polar surface area (TPSA) is 32.3 Å². The van der Waals surface area contributed by atoms with Crippen LogP contribution in [0.25, 0.3) is 0 Å². The van der Waals surface area contributed by atoms with E-state index in [-0.39, 0.29) is 6.10 Å². The lowest BCUT2D eigenvalue weighted by Gasteiger charge is -2.58. The zero-order chi connectivity index (χ0) is 11.5. The molecule has 2 nitrogen and oxygen atoms in total. The maximum atomic E-state index is 10.0. The molecule has 5 aliphatic rings. The van der Waals surface area contributed by atoms with E-state index < -0.39 is 0 Å². The number of rotatable bonds is 2. The van der Waals surface area contributed by atoms with Crippen molar-refractivity contribution in [3.05, 3.63) is 0 Å². The number of aliphatic hydroxyl groups excluding tert-OH is 1. The monoisotopic (exact) mass is 235 g/mol. The highest BCUT2D eigenvalue weighted by Crippen LogP contribution is 2.56. The molecule has 0 spiro atoms. The lowest BCUT2D eigenvalue weighted by Crippen LogP contribution is -2.61. The van der Waals surface area contributed by atoms with Crippen LogP contribution in [0.5, 0.6) is 0 Å². The van der Waals surface area contributed by atoms with Crippen molar-refractivity contribution >= 4 is 0 Å². The Labute approximate surface area is 104 Å². The Hall–Kier alpha value is -0.0800. The molecule has 0 aromatic carbocycles. The average Bonchev–Trinajstić information content (AvgIpc) is 2.61. The highest BCUT2D eigenvalue weighted by Gasteiger charge is 2.51. The second-order valence-electron chi connectivity index (χ2n) is 7.45. The molecule has 0 aromatic rings. The van der Waals surface area contributed by atoms with E-state index in [1.165, 1.54) is 51.4 Å². The van der Waals surface area contributed by atoms with Gasteiger partial charge in [-0.15, -0.1) is 0 Å². The first-order valence-corrected chi connectivity index (χ1v) is 7.68. The molecule has 4 bridgehead atoms. The van der Waals surface area contributed by atoms with E-state index in [1.807, 2.05) is 0 Å². The molecular weight excluding hydrogens is 210 g/mol. The molecule has 2 heteroatoms. The van der Waals surface area contributed by atoms with Crippen LogP contribution >= 0.6 is 0 Å². The van der Waals surface area contributed by atoms with Crippen LogP contribution in [0.3, 0.4) is 0 Å². The zero-order valence-corrected chi connectivity index (χ0v) is 10.7. The van der Waals surface area contributed by atoms with Crippen LogP contribution in [0.15, 0.2) is 0 Å². The summed E-state index contributed by atoms with van der Waals surface area (Å²) < 4.78 is 0. The van der Waals surface area contributed by atoms with Crippen molar-refractivity contribution in [2.24, 2.45) is 17.8 Å². The molecule has 2 N–H and O–H groups in total. The quantitative estimate of drug-likeness (QED) is 0.770. The number of hydrogen-bond acceptors (Lipinski definition) is 2. The number of hydrogen-bond donors (Lipinski definition) is 2. The van der Waals surface area contributed by atoms with Crippen molar-refractivity contribution in [3.8, 4) is 0 Å². The summed E-state index contributed by atoms with van der Waals surface area (Å²) in [6.45, 7) is 0. The van der Waals surface area contributed by atoms with Crippen molar-refractivity contribution in [2.75, 3.05) is 0 Å². The third-order valence-electron chi connectivity index (χ3n) is 6.01. The third kappa shape index (κ3) is 1.76. The molecule has 5 saturated carbocycles. The smallest absolute Gasteiger partial charge is 0.0693 e. The van der Waals surface area contributed by atoms with Crippen molar-refractivity contribution in [2.45, 2.75) is 75.5 Å². The van der Waals surface area contributed by atoms with Crippen molar-refractivity contribution in [3.63, 3.8) is 0 Å². The van der Waals surface area contributed by atoms with Gasteiger partial charge < -0.3 is 10.4 Å². The van der Waals surface area contributed by atoms with Crippen molar-refractivity contribution in [1.82, 2.24) is 5.32 Å². The van der Waals surface area contributed by atoms with Gasteiger partial charge in [-0.1, -0.05) is 0 Å². The van der Waals surface area contributed by atoms with E-state index in [2.05, 4.69) is 5.32 Å². The fourth-order valence-corrected chi connectivity index (χ4v) is 5.79. The Balaban J connectivity index is 1.52. The second-order valence-corrected chi connectivity index (χ2v) is 7.45. The molecule has 5 aliphatic carbocycles. The minimum atomic E-state index is -0.0667. The first-order valence-electron chi connectivity index (χ1n) is 7.68. The molecule has 0 amide bonds. The summed E-state index contributed by atoms with van der Waals surface area (Å²) in [5.74, 6) is 3.02. The molecule has 0 saturated heterocycles. The Morgan fingerprint density at radius 3 is 1.94 bits per heavy atom. The largest absolute Gasteiger partial charge is 0.392 e. The second kappa shape index (κ2) is 3.71. The Kier molecular flexibility index (Phi) is 2.36. The summed E-state index contributed by atoms with van der Waals surface area (Å²) in [7, 11) is 0. The van der Waals surface area contributed by atoms with Gasteiger partial charge in [0.1, 0.15) is 0 Å². The van der Waals surface area contributed by atoms with Gasteiger partial charge >= 0.3 is 0 Å². The zero-order valence-electron chi connectivity index (χ0n) is 10.7. The Morgan fingerprint density at radius 1 is 0.882 bits per heavy atom. The lowest BCUT2D eigenvalue weighted by atomic mass is 9.53. The molecule has 2 atom stereocenters. The third-order valence-corrected chi connectivity index (χ3v) is 6.01. The average molecular weight is 235 g/mol. The Morgan fingerprint density at radius 2 is 1.47 bits per heavy atom. The molecule has 5 rings (SSSR count). The molecule has 2 unspecified atom stereocenters. The summed E-state index contributed by atoms with van der Waals surface area (Å²) in [5.41, 5.74) is 0.435. The van der Waals surface area contributed by atoms with Crippen molar-refractivity contribution in [1.29, 1.82) is 0 Å². The summed E-state index contributed by atoms with van der Waals surface area (Å²) in [6, 6.07) is 0.409. The fraction of sp³-hybridized carbons (Fsp3) is 1.00. The van der Waals surface area contributed by atoms with Gasteiger partial charge in [-0.05, 0) is 75.5 Å². The van der Waals surface area contributed by atoms with Crippen LogP contribution in [0, 0.1) is 17.8 Å². The minimum absolute atomic E-state index is 0.0667. The van der Waals surface area contributed by atoms with E-state index in [0.717, 1.165) is 24.2 Å². The van der Waals surface area contributed by atoms with Crippen LogP contribution in [-0.4, -0.2) is 22.8 Å². The molecule has 0 aromatic heterocycles. The SMILES string of the molecule is OC1CCCC1NC12CC3CC(CC(C3)C1)C2. The molecule has 0 radical (unpaired) electrons. The summed E-state index contributed by atoms with van der Waals surface area (Å²) in [5, 5.41) is 14.0. The molecule has 5 fully saturated rings. The summed E-state index contributed by atoms with van der Waals surface area (Å²) in [6.07, 6.45) is 12.1. The van der Waals surface area contributed by atoms with E-state index in [0.29, 0.717) is 11.6 Å². The maximum Gasteiger partial charge on any atom is 0.0693 e. The maximum absolute atomic E-state index is 10.0. The lowest BCUT2D eigenvalue weighted by molar-refractivity contribution is -0.0323. The molecule has 96 valence electrons. The molecule has 0 aliphatic heterocycles. The first-order chi connectivity index (χ1) is 8.22. The highest BCUT2D eigenvalue weighted by atomic mass is 16.3. The van der Waals surface area contributed by atoms with Crippen LogP contribution in [0.4, 0.5) is 0 Å². The van der Waals surface area contributed by atoms with Crippen LogP contribution < -0.4 is 5.32 Å². The standard InChI is InChI=1S/C15H25NO/c17-14-3-1-2-13(14)16-15-7-10-4-11(8-15)6-12(5-10)9-15/h10-14,16-17H,1-9H2. The normalized spacial score (nSPS) is 56.6. The minimum Gasteiger partial charge on any atom is -0.392 e. The predicted molar refractivity (Wildman–Crippen MR) is 67.7 cm³/mol. The first kappa shape index (κ1) is 10.8. The van der Waals surface area contributed by atoms with E-state index in [1.54, 1.807) is 0 Å². The summed E-state index contributed by atoms with van der Waals surface area (Å²) in [4.78, 5) is 0. The molecule has 17 heavy (non-hydrogen) atoms. The molecular formula is C15H25NO.